The standard InChI is InChI=1S/C14H16Cl2N2O4/c1-18-6-10(21-8-14(18)20)5-17-13(19)7-22-12-3-2-9(15)4-11(12)16/h2-4,10H,5-8H2,1H3,(H,17,19). The van der Waals surface area contributed by atoms with Crippen LogP contribution in [-0.4, -0.2) is 56.2 Å². The van der Waals surface area contributed by atoms with Crippen molar-refractivity contribution in [3.63, 3.8) is 0 Å². The molecule has 8 heteroatoms. The van der Waals surface area contributed by atoms with Crippen molar-refractivity contribution in [2.75, 3.05) is 33.4 Å². The molecule has 0 aliphatic carbocycles. The number of ether oxygens (including phenoxy) is 2. The average Bonchev–Trinajstić information content (AvgIpc) is 2.47. The Morgan fingerprint density at radius 2 is 2.27 bits per heavy atom. The van der Waals surface area contributed by atoms with Crippen molar-refractivity contribution < 1.29 is 19.1 Å². The Bertz CT molecular complexity index is 568. The van der Waals surface area contributed by atoms with Crippen LogP contribution in [0.4, 0.5) is 0 Å². The van der Waals surface area contributed by atoms with Crippen LogP contribution < -0.4 is 10.1 Å². The molecule has 6 nitrogen and oxygen atoms in total. The minimum Gasteiger partial charge on any atom is -0.482 e. The number of halogens is 2. The molecule has 2 rings (SSSR count). The van der Waals surface area contributed by atoms with Gasteiger partial charge in [-0.3, -0.25) is 9.59 Å². The molecular formula is C14H16Cl2N2O4. The summed E-state index contributed by atoms with van der Waals surface area (Å²) in [7, 11) is 1.70. The van der Waals surface area contributed by atoms with E-state index in [1.165, 1.54) is 0 Å². The number of rotatable bonds is 5. The van der Waals surface area contributed by atoms with Crippen molar-refractivity contribution in [1.82, 2.24) is 10.2 Å². The zero-order valence-corrected chi connectivity index (χ0v) is 13.5. The largest absolute Gasteiger partial charge is 0.482 e. The van der Waals surface area contributed by atoms with E-state index >= 15 is 0 Å². The summed E-state index contributed by atoms with van der Waals surface area (Å²) in [6.07, 6.45) is -0.217. The Morgan fingerprint density at radius 1 is 1.50 bits per heavy atom. The van der Waals surface area contributed by atoms with E-state index in [9.17, 15) is 9.59 Å². The van der Waals surface area contributed by atoms with Gasteiger partial charge >= 0.3 is 0 Å². The third-order valence-corrected chi connectivity index (χ3v) is 3.66. The lowest BCUT2D eigenvalue weighted by Gasteiger charge is -2.29. The second kappa shape index (κ2) is 7.67. The SMILES string of the molecule is CN1CC(CNC(=O)COc2ccc(Cl)cc2Cl)OCC1=O. The number of nitrogens with zero attached hydrogens (tertiary/aromatic N) is 1. The zero-order valence-electron chi connectivity index (χ0n) is 12.0. The molecule has 22 heavy (non-hydrogen) atoms. The van der Waals surface area contributed by atoms with Crippen LogP contribution in [0.1, 0.15) is 0 Å². The summed E-state index contributed by atoms with van der Waals surface area (Å²) in [5.41, 5.74) is 0. The molecule has 1 unspecified atom stereocenters. The van der Waals surface area contributed by atoms with Crippen LogP contribution in [0.3, 0.4) is 0 Å². The highest BCUT2D eigenvalue weighted by Gasteiger charge is 2.23. The molecule has 0 radical (unpaired) electrons. The first-order chi connectivity index (χ1) is 10.5. The molecular weight excluding hydrogens is 331 g/mol. The molecule has 1 aromatic rings. The third-order valence-electron chi connectivity index (χ3n) is 3.13. The molecule has 1 aliphatic heterocycles. The number of morpholine rings is 1. The van der Waals surface area contributed by atoms with Crippen LogP contribution in [0.5, 0.6) is 5.75 Å². The van der Waals surface area contributed by atoms with Gasteiger partial charge < -0.3 is 19.7 Å². The Kier molecular flexibility index (Phi) is 5.88. The number of carbonyl (C=O) groups excluding carboxylic acids is 2. The molecule has 0 saturated carbocycles. The summed E-state index contributed by atoms with van der Waals surface area (Å²) in [5.74, 6) is 0.0259. The number of hydrogen-bond donors (Lipinski definition) is 1. The highest BCUT2D eigenvalue weighted by atomic mass is 35.5. The van der Waals surface area contributed by atoms with Crippen molar-refractivity contribution in [3.05, 3.63) is 28.2 Å². The van der Waals surface area contributed by atoms with E-state index < -0.39 is 0 Å². The van der Waals surface area contributed by atoms with Gasteiger partial charge in [-0.15, -0.1) is 0 Å². The summed E-state index contributed by atoms with van der Waals surface area (Å²) >= 11 is 11.7. The molecule has 1 aromatic carbocycles. The minimum atomic E-state index is -0.297. The second-order valence-electron chi connectivity index (χ2n) is 4.87. The van der Waals surface area contributed by atoms with Crippen LogP contribution in [0.2, 0.25) is 10.0 Å². The molecule has 0 spiro atoms. The normalized spacial score (nSPS) is 18.2. The maximum atomic E-state index is 11.7. The Balaban J connectivity index is 1.73. The first-order valence-corrected chi connectivity index (χ1v) is 7.41. The highest BCUT2D eigenvalue weighted by molar-refractivity contribution is 6.35. The monoisotopic (exact) mass is 346 g/mol. The van der Waals surface area contributed by atoms with Crippen molar-refractivity contribution in [2.24, 2.45) is 0 Å². The fourth-order valence-corrected chi connectivity index (χ4v) is 2.36. The third kappa shape index (κ3) is 4.76. The number of carbonyl (C=O) groups is 2. The Hall–Kier alpha value is -1.50. The molecule has 1 heterocycles. The molecule has 1 atom stereocenters. The fourth-order valence-electron chi connectivity index (χ4n) is 1.90. The lowest BCUT2D eigenvalue weighted by molar-refractivity contribution is -0.146. The van der Waals surface area contributed by atoms with Crippen molar-refractivity contribution in [1.29, 1.82) is 0 Å². The predicted octanol–water partition coefficient (Wildman–Crippen LogP) is 1.35. The van der Waals surface area contributed by atoms with Crippen molar-refractivity contribution in [2.45, 2.75) is 6.10 Å². The van der Waals surface area contributed by atoms with E-state index in [1.54, 1.807) is 30.1 Å². The van der Waals surface area contributed by atoms with Gasteiger partial charge in [-0.25, -0.2) is 0 Å². The fraction of sp³-hybridized carbons (Fsp3) is 0.429. The van der Waals surface area contributed by atoms with Crippen LogP contribution >= 0.6 is 23.2 Å². The minimum absolute atomic E-state index is 0.0356. The summed E-state index contributed by atoms with van der Waals surface area (Å²) in [6.45, 7) is 0.633. The van der Waals surface area contributed by atoms with E-state index in [1.807, 2.05) is 0 Å². The molecule has 2 amide bonds. The lowest BCUT2D eigenvalue weighted by atomic mass is 10.3. The van der Waals surface area contributed by atoms with Crippen LogP contribution in [-0.2, 0) is 14.3 Å². The summed E-state index contributed by atoms with van der Waals surface area (Å²) < 4.78 is 10.6. The van der Waals surface area contributed by atoms with Gasteiger partial charge in [-0.1, -0.05) is 23.2 Å². The van der Waals surface area contributed by atoms with E-state index in [0.29, 0.717) is 28.9 Å². The smallest absolute Gasteiger partial charge is 0.258 e. The number of likely N-dealkylation sites (N-methyl/N-ethyl adjacent to an activating group) is 1. The lowest BCUT2D eigenvalue weighted by Crippen LogP contribution is -2.49. The van der Waals surface area contributed by atoms with Gasteiger partial charge in [-0.05, 0) is 18.2 Å². The van der Waals surface area contributed by atoms with Crippen molar-refractivity contribution in [3.8, 4) is 5.75 Å². The zero-order chi connectivity index (χ0) is 16.1. The van der Waals surface area contributed by atoms with Gasteiger partial charge in [0.05, 0.1) is 11.1 Å². The first kappa shape index (κ1) is 16.9. The second-order valence-corrected chi connectivity index (χ2v) is 5.72. The van der Waals surface area contributed by atoms with Gasteiger partial charge in [0.15, 0.2) is 6.61 Å². The van der Waals surface area contributed by atoms with Crippen molar-refractivity contribution >= 4 is 35.0 Å². The van der Waals surface area contributed by atoms with E-state index in [4.69, 9.17) is 32.7 Å². The Labute approximate surface area is 138 Å². The predicted molar refractivity (Wildman–Crippen MR) is 82.3 cm³/mol. The van der Waals surface area contributed by atoms with Gasteiger partial charge in [-0.2, -0.15) is 0 Å². The quantitative estimate of drug-likeness (QED) is 0.873. The van der Waals surface area contributed by atoms with E-state index in [2.05, 4.69) is 5.32 Å². The van der Waals surface area contributed by atoms with Gasteiger partial charge in [0, 0.05) is 25.2 Å². The Morgan fingerprint density at radius 3 is 2.95 bits per heavy atom. The topological polar surface area (TPSA) is 67.9 Å². The highest BCUT2D eigenvalue weighted by Crippen LogP contribution is 2.27. The first-order valence-electron chi connectivity index (χ1n) is 6.66. The maximum Gasteiger partial charge on any atom is 0.258 e. The van der Waals surface area contributed by atoms with Gasteiger partial charge in [0.2, 0.25) is 5.91 Å². The number of hydrogen-bond acceptors (Lipinski definition) is 4. The molecule has 1 aliphatic rings. The molecule has 1 saturated heterocycles. The molecule has 0 aromatic heterocycles. The van der Waals surface area contributed by atoms with Crippen LogP contribution in [0.15, 0.2) is 18.2 Å². The molecule has 1 fully saturated rings. The van der Waals surface area contributed by atoms with Crippen LogP contribution in [0.25, 0.3) is 0 Å². The van der Waals surface area contributed by atoms with Crippen LogP contribution in [0, 0.1) is 0 Å². The summed E-state index contributed by atoms with van der Waals surface area (Å²) in [5, 5.41) is 3.53. The molecule has 120 valence electrons. The number of benzene rings is 1. The summed E-state index contributed by atoms with van der Waals surface area (Å²) in [6, 6.07) is 4.77. The van der Waals surface area contributed by atoms with E-state index in [-0.39, 0.29) is 31.1 Å². The molecule has 0 bridgehead atoms. The molecule has 1 N–H and O–H groups in total. The van der Waals surface area contributed by atoms with Gasteiger partial charge in [0.25, 0.3) is 5.91 Å². The van der Waals surface area contributed by atoms with E-state index in [0.717, 1.165) is 0 Å². The summed E-state index contributed by atoms with van der Waals surface area (Å²) in [4.78, 5) is 24.6. The number of nitrogens with one attached hydrogen (secondary N) is 1. The number of amides is 2. The maximum absolute atomic E-state index is 11.7. The average molecular weight is 347 g/mol. The van der Waals surface area contributed by atoms with Gasteiger partial charge in [0.1, 0.15) is 12.4 Å².